The van der Waals surface area contributed by atoms with Crippen LogP contribution in [0.1, 0.15) is 24.8 Å². The number of methoxy groups -OCH3 is 1. The third-order valence-electron chi connectivity index (χ3n) is 4.30. The van der Waals surface area contributed by atoms with Crippen molar-refractivity contribution in [2.75, 3.05) is 47.1 Å². The van der Waals surface area contributed by atoms with Gasteiger partial charge < -0.3 is 20.1 Å². The van der Waals surface area contributed by atoms with Crippen molar-refractivity contribution >= 4 is 41.5 Å². The fraction of sp³-hybridized carbons (Fsp3) is 0.611. The zero-order valence-corrected chi connectivity index (χ0v) is 18.1. The highest BCUT2D eigenvalue weighted by atomic mass is 127. The molecule has 2 rings (SSSR count). The fourth-order valence-electron chi connectivity index (χ4n) is 2.64. The van der Waals surface area contributed by atoms with Crippen molar-refractivity contribution in [2.45, 2.75) is 24.7 Å². The standard InChI is InChI=1S/C18H28ClN3O2.HI/c1-20-17(21-9-4-10-24-12-11-23-2)22-14-18(7-8-18)15-5-3-6-16(19)13-15;/h3,5-6,13H,4,7-12,14H2,1-2H3,(H2,20,21,22);1H. The van der Waals surface area contributed by atoms with E-state index >= 15 is 0 Å². The molecule has 0 saturated heterocycles. The van der Waals surface area contributed by atoms with Gasteiger partial charge in [-0.3, -0.25) is 4.99 Å². The second-order valence-electron chi connectivity index (χ2n) is 6.10. The van der Waals surface area contributed by atoms with E-state index in [2.05, 4.69) is 27.8 Å². The molecular formula is C18H29ClIN3O2. The van der Waals surface area contributed by atoms with E-state index in [1.165, 1.54) is 18.4 Å². The summed E-state index contributed by atoms with van der Waals surface area (Å²) in [6.45, 7) is 3.71. The maximum absolute atomic E-state index is 6.12. The van der Waals surface area contributed by atoms with Gasteiger partial charge in [-0.05, 0) is 37.0 Å². The summed E-state index contributed by atoms with van der Waals surface area (Å²) in [5.41, 5.74) is 1.51. The van der Waals surface area contributed by atoms with Crippen LogP contribution in [0.25, 0.3) is 0 Å². The SMILES string of the molecule is CN=C(NCCCOCCOC)NCC1(c2cccc(Cl)c2)CC1.I. The third kappa shape index (κ3) is 7.68. The Morgan fingerprint density at radius 1 is 1.24 bits per heavy atom. The van der Waals surface area contributed by atoms with Crippen molar-refractivity contribution in [2.24, 2.45) is 4.99 Å². The number of hydrogen-bond acceptors (Lipinski definition) is 3. The van der Waals surface area contributed by atoms with Gasteiger partial charge in [-0.1, -0.05) is 23.7 Å². The van der Waals surface area contributed by atoms with E-state index < -0.39 is 0 Å². The molecular weight excluding hydrogens is 453 g/mol. The van der Waals surface area contributed by atoms with Crippen LogP contribution in [0, 0.1) is 0 Å². The molecule has 1 aliphatic rings. The van der Waals surface area contributed by atoms with Gasteiger partial charge in [0.25, 0.3) is 0 Å². The summed E-state index contributed by atoms with van der Waals surface area (Å²) in [4.78, 5) is 4.28. The first-order valence-corrected chi connectivity index (χ1v) is 8.85. The van der Waals surface area contributed by atoms with Crippen molar-refractivity contribution in [1.29, 1.82) is 0 Å². The van der Waals surface area contributed by atoms with Crippen molar-refractivity contribution in [3.05, 3.63) is 34.9 Å². The van der Waals surface area contributed by atoms with E-state index in [0.29, 0.717) is 13.2 Å². The maximum atomic E-state index is 6.12. The van der Waals surface area contributed by atoms with Crippen molar-refractivity contribution < 1.29 is 9.47 Å². The first-order valence-electron chi connectivity index (χ1n) is 8.47. The second kappa shape index (κ2) is 11.9. The fourth-order valence-corrected chi connectivity index (χ4v) is 2.83. The normalized spacial score (nSPS) is 15.4. The lowest BCUT2D eigenvalue weighted by molar-refractivity contribution is 0.0698. The predicted molar refractivity (Wildman–Crippen MR) is 114 cm³/mol. The van der Waals surface area contributed by atoms with Gasteiger partial charge in [0.15, 0.2) is 5.96 Å². The number of ether oxygens (including phenoxy) is 2. The molecule has 2 N–H and O–H groups in total. The smallest absolute Gasteiger partial charge is 0.191 e. The number of guanidine groups is 1. The minimum absolute atomic E-state index is 0. The monoisotopic (exact) mass is 481 g/mol. The molecule has 0 atom stereocenters. The van der Waals surface area contributed by atoms with Crippen LogP contribution in [0.3, 0.4) is 0 Å². The summed E-state index contributed by atoms with van der Waals surface area (Å²) >= 11 is 6.12. The maximum Gasteiger partial charge on any atom is 0.191 e. The Hall–Kier alpha value is -0.570. The van der Waals surface area contributed by atoms with Gasteiger partial charge in [0.1, 0.15) is 0 Å². The predicted octanol–water partition coefficient (Wildman–Crippen LogP) is 3.21. The van der Waals surface area contributed by atoms with Crippen molar-refractivity contribution in [3.8, 4) is 0 Å². The van der Waals surface area contributed by atoms with Gasteiger partial charge in [0.2, 0.25) is 0 Å². The average molecular weight is 482 g/mol. The molecule has 0 unspecified atom stereocenters. The summed E-state index contributed by atoms with van der Waals surface area (Å²) in [6.07, 6.45) is 3.30. The van der Waals surface area contributed by atoms with E-state index in [1.807, 2.05) is 12.1 Å². The highest BCUT2D eigenvalue weighted by Crippen LogP contribution is 2.48. The van der Waals surface area contributed by atoms with Crippen LogP contribution in [0.2, 0.25) is 5.02 Å². The number of nitrogens with one attached hydrogen (secondary N) is 2. The summed E-state index contributed by atoms with van der Waals surface area (Å²) in [7, 11) is 3.47. The lowest BCUT2D eigenvalue weighted by atomic mass is 9.96. The minimum atomic E-state index is 0. The zero-order chi connectivity index (χ0) is 17.3. The lowest BCUT2D eigenvalue weighted by Crippen LogP contribution is -2.41. The molecule has 25 heavy (non-hydrogen) atoms. The van der Waals surface area contributed by atoms with Crippen molar-refractivity contribution in [1.82, 2.24) is 10.6 Å². The van der Waals surface area contributed by atoms with Crippen molar-refractivity contribution in [3.63, 3.8) is 0 Å². The number of nitrogens with zero attached hydrogens (tertiary/aromatic N) is 1. The zero-order valence-electron chi connectivity index (χ0n) is 15.0. The molecule has 1 aromatic rings. The Balaban J connectivity index is 0.00000312. The van der Waals surface area contributed by atoms with E-state index in [1.54, 1.807) is 14.2 Å². The Morgan fingerprint density at radius 3 is 2.68 bits per heavy atom. The lowest BCUT2D eigenvalue weighted by Gasteiger charge is -2.19. The molecule has 1 aromatic carbocycles. The molecule has 1 aliphatic carbocycles. The largest absolute Gasteiger partial charge is 0.382 e. The molecule has 5 nitrogen and oxygen atoms in total. The molecule has 1 saturated carbocycles. The van der Waals surface area contributed by atoms with Crippen LogP contribution in [-0.2, 0) is 14.9 Å². The molecule has 1 fully saturated rings. The number of rotatable bonds is 10. The molecule has 0 spiro atoms. The molecule has 0 heterocycles. The first kappa shape index (κ1) is 22.5. The van der Waals surface area contributed by atoms with E-state index in [4.69, 9.17) is 21.1 Å². The number of aliphatic imine (C=N–C) groups is 1. The topological polar surface area (TPSA) is 54.9 Å². The highest BCUT2D eigenvalue weighted by Gasteiger charge is 2.44. The number of benzene rings is 1. The molecule has 0 aliphatic heterocycles. The molecule has 0 amide bonds. The number of halogens is 2. The van der Waals surface area contributed by atoms with Gasteiger partial charge in [-0.2, -0.15) is 0 Å². The van der Waals surface area contributed by atoms with E-state index in [0.717, 1.165) is 37.1 Å². The molecule has 142 valence electrons. The van der Waals surface area contributed by atoms with Gasteiger partial charge in [0.05, 0.1) is 13.2 Å². The first-order chi connectivity index (χ1) is 11.7. The van der Waals surface area contributed by atoms with E-state index in [-0.39, 0.29) is 29.4 Å². The molecule has 7 heteroatoms. The Kier molecular flexibility index (Phi) is 10.7. The Labute approximate surface area is 172 Å². The molecule has 0 bridgehead atoms. The molecule has 0 aromatic heterocycles. The van der Waals surface area contributed by atoms with Crippen LogP contribution in [0.15, 0.2) is 29.3 Å². The Bertz CT molecular complexity index is 539. The highest BCUT2D eigenvalue weighted by molar-refractivity contribution is 14.0. The van der Waals surface area contributed by atoms with Gasteiger partial charge in [0, 0.05) is 44.3 Å². The second-order valence-corrected chi connectivity index (χ2v) is 6.54. The third-order valence-corrected chi connectivity index (χ3v) is 4.53. The van der Waals surface area contributed by atoms with Gasteiger partial charge >= 0.3 is 0 Å². The van der Waals surface area contributed by atoms with E-state index in [9.17, 15) is 0 Å². The number of hydrogen-bond donors (Lipinski definition) is 2. The quantitative estimate of drug-likeness (QED) is 0.233. The summed E-state index contributed by atoms with van der Waals surface area (Å²) in [5, 5.41) is 7.56. The van der Waals surface area contributed by atoms with Gasteiger partial charge in [-0.15, -0.1) is 24.0 Å². The minimum Gasteiger partial charge on any atom is -0.382 e. The Morgan fingerprint density at radius 2 is 2.04 bits per heavy atom. The van der Waals surface area contributed by atoms with Crippen LogP contribution in [0.5, 0.6) is 0 Å². The van der Waals surface area contributed by atoms with Crippen LogP contribution in [0.4, 0.5) is 0 Å². The van der Waals surface area contributed by atoms with Gasteiger partial charge in [-0.25, -0.2) is 0 Å². The van der Waals surface area contributed by atoms with Crippen LogP contribution >= 0.6 is 35.6 Å². The van der Waals surface area contributed by atoms with Crippen LogP contribution < -0.4 is 10.6 Å². The summed E-state index contributed by atoms with van der Waals surface area (Å²) in [6, 6.07) is 8.18. The average Bonchev–Trinajstić information content (AvgIpc) is 3.38. The molecule has 0 radical (unpaired) electrons. The summed E-state index contributed by atoms with van der Waals surface area (Å²) < 4.78 is 10.4. The summed E-state index contributed by atoms with van der Waals surface area (Å²) in [5.74, 6) is 0.834. The van der Waals surface area contributed by atoms with Crippen LogP contribution in [-0.4, -0.2) is 53.0 Å².